The Morgan fingerprint density at radius 2 is 1.90 bits per heavy atom. The number of hydrogen-bond donors (Lipinski definition) is 0. The van der Waals surface area contributed by atoms with Gasteiger partial charge in [-0.1, -0.05) is 0 Å². The van der Waals surface area contributed by atoms with Gasteiger partial charge in [0.15, 0.2) is 6.10 Å². The van der Waals surface area contributed by atoms with Crippen LogP contribution in [-0.4, -0.2) is 84.7 Å². The Bertz CT molecular complexity index is 476. The van der Waals surface area contributed by atoms with Gasteiger partial charge in [-0.2, -0.15) is 0 Å². The molecule has 0 bridgehead atoms. The van der Waals surface area contributed by atoms with Crippen LogP contribution in [0.1, 0.15) is 0 Å². The highest BCUT2D eigenvalue weighted by Crippen LogP contribution is 2.14. The highest BCUT2D eigenvalue weighted by atomic mass is 16.5. The number of likely N-dealkylation sites (N-methyl/N-ethyl adjacent to an activating group) is 1. The van der Waals surface area contributed by atoms with Crippen molar-refractivity contribution in [2.24, 2.45) is 0 Å². The molecule has 1 atom stereocenters. The summed E-state index contributed by atoms with van der Waals surface area (Å²) in [6, 6.07) is 1.79. The molecule has 3 rings (SSSR count). The number of nitrogens with zero attached hydrogens (tertiary/aromatic N) is 5. The molecule has 0 saturated carbocycles. The van der Waals surface area contributed by atoms with Crippen molar-refractivity contribution in [1.82, 2.24) is 19.8 Å². The van der Waals surface area contributed by atoms with Gasteiger partial charge >= 0.3 is 0 Å². The SMILES string of the molecule is CN1CCN(C(=O)[C@H]2CN(c3ncccn3)CCO2)CC1. The van der Waals surface area contributed by atoms with E-state index in [1.807, 2.05) is 9.80 Å². The molecule has 3 heterocycles. The fourth-order valence-corrected chi connectivity index (χ4v) is 2.67. The van der Waals surface area contributed by atoms with Gasteiger partial charge in [-0.3, -0.25) is 4.79 Å². The summed E-state index contributed by atoms with van der Waals surface area (Å²) in [5.74, 6) is 0.751. The predicted molar refractivity (Wildman–Crippen MR) is 78.1 cm³/mol. The lowest BCUT2D eigenvalue weighted by Crippen LogP contribution is -2.55. The first-order chi connectivity index (χ1) is 10.2. The van der Waals surface area contributed by atoms with Crippen LogP contribution < -0.4 is 4.90 Å². The van der Waals surface area contributed by atoms with Crippen LogP contribution in [0, 0.1) is 0 Å². The van der Waals surface area contributed by atoms with Gasteiger partial charge in [-0.05, 0) is 13.1 Å². The van der Waals surface area contributed by atoms with Gasteiger partial charge < -0.3 is 19.4 Å². The van der Waals surface area contributed by atoms with Crippen LogP contribution in [0.4, 0.5) is 5.95 Å². The van der Waals surface area contributed by atoms with E-state index in [1.165, 1.54) is 0 Å². The molecule has 0 radical (unpaired) electrons. The normalized spacial score (nSPS) is 24.1. The molecule has 2 aliphatic heterocycles. The van der Waals surface area contributed by atoms with Crippen LogP contribution in [0.5, 0.6) is 0 Å². The number of hydrogen-bond acceptors (Lipinski definition) is 6. The van der Waals surface area contributed by atoms with E-state index in [0.29, 0.717) is 19.1 Å². The number of carbonyl (C=O) groups excluding carboxylic acids is 1. The van der Waals surface area contributed by atoms with E-state index in [9.17, 15) is 4.79 Å². The first-order valence-electron chi connectivity index (χ1n) is 7.35. The average Bonchev–Trinajstić information content (AvgIpc) is 2.56. The molecule has 1 aromatic rings. The smallest absolute Gasteiger partial charge is 0.253 e. The van der Waals surface area contributed by atoms with E-state index in [2.05, 4.69) is 21.9 Å². The average molecular weight is 291 g/mol. The van der Waals surface area contributed by atoms with Crippen molar-refractivity contribution in [1.29, 1.82) is 0 Å². The third-order valence-electron chi connectivity index (χ3n) is 3.99. The second kappa shape index (κ2) is 6.36. The van der Waals surface area contributed by atoms with Crippen molar-refractivity contribution >= 4 is 11.9 Å². The van der Waals surface area contributed by atoms with E-state index in [-0.39, 0.29) is 5.91 Å². The van der Waals surface area contributed by atoms with Gasteiger partial charge in [-0.15, -0.1) is 0 Å². The molecular weight excluding hydrogens is 270 g/mol. The summed E-state index contributed by atoms with van der Waals surface area (Å²) in [6.07, 6.45) is 3.02. The topological polar surface area (TPSA) is 61.8 Å². The van der Waals surface area contributed by atoms with Gasteiger partial charge in [0.1, 0.15) is 0 Å². The third kappa shape index (κ3) is 3.30. The maximum atomic E-state index is 12.6. The van der Waals surface area contributed by atoms with Gasteiger partial charge in [0.2, 0.25) is 5.95 Å². The molecule has 114 valence electrons. The summed E-state index contributed by atoms with van der Waals surface area (Å²) in [7, 11) is 2.08. The highest BCUT2D eigenvalue weighted by molar-refractivity contribution is 5.82. The van der Waals surface area contributed by atoms with Crippen molar-refractivity contribution in [2.45, 2.75) is 6.10 Å². The van der Waals surface area contributed by atoms with Gasteiger partial charge in [0.25, 0.3) is 5.91 Å². The first kappa shape index (κ1) is 14.2. The van der Waals surface area contributed by atoms with Crippen molar-refractivity contribution in [3.05, 3.63) is 18.5 Å². The van der Waals surface area contributed by atoms with Crippen LogP contribution in [0.3, 0.4) is 0 Å². The van der Waals surface area contributed by atoms with Gasteiger partial charge in [0, 0.05) is 45.1 Å². The molecule has 7 heteroatoms. The maximum absolute atomic E-state index is 12.6. The molecular formula is C14H21N5O2. The Balaban J connectivity index is 1.62. The van der Waals surface area contributed by atoms with Gasteiger partial charge in [-0.25, -0.2) is 9.97 Å². The number of rotatable bonds is 2. The Kier molecular flexibility index (Phi) is 4.31. The quantitative estimate of drug-likeness (QED) is 0.729. The molecule has 1 aromatic heterocycles. The minimum atomic E-state index is -0.411. The van der Waals surface area contributed by atoms with Crippen LogP contribution >= 0.6 is 0 Å². The van der Waals surface area contributed by atoms with Crippen LogP contribution in [0.25, 0.3) is 0 Å². The summed E-state index contributed by atoms with van der Waals surface area (Å²) >= 11 is 0. The lowest BCUT2D eigenvalue weighted by Gasteiger charge is -2.37. The summed E-state index contributed by atoms with van der Waals surface area (Å²) in [5.41, 5.74) is 0. The zero-order valence-electron chi connectivity index (χ0n) is 12.3. The summed E-state index contributed by atoms with van der Waals surface area (Å²) in [5, 5.41) is 0. The first-order valence-corrected chi connectivity index (χ1v) is 7.35. The van der Waals surface area contributed by atoms with Crippen molar-refractivity contribution in [3.63, 3.8) is 0 Å². The standard InChI is InChI=1S/C14H21N5O2/c1-17-5-7-18(8-6-17)13(20)12-11-19(9-10-21-12)14-15-3-2-4-16-14/h2-4,12H,5-11H2,1H3/t12-/m1/s1. The zero-order valence-corrected chi connectivity index (χ0v) is 12.3. The van der Waals surface area contributed by atoms with Crippen molar-refractivity contribution in [2.75, 3.05) is 57.8 Å². The number of aromatic nitrogens is 2. The number of amides is 1. The minimum Gasteiger partial charge on any atom is -0.365 e. The molecule has 0 spiro atoms. The fourth-order valence-electron chi connectivity index (χ4n) is 2.67. The lowest BCUT2D eigenvalue weighted by atomic mass is 10.2. The molecule has 21 heavy (non-hydrogen) atoms. The molecule has 0 N–H and O–H groups in total. The van der Waals surface area contributed by atoms with Crippen molar-refractivity contribution < 1.29 is 9.53 Å². The third-order valence-corrected chi connectivity index (χ3v) is 3.99. The Labute approximate surface area is 124 Å². The number of anilines is 1. The molecule has 1 amide bonds. The monoisotopic (exact) mass is 291 g/mol. The van der Waals surface area contributed by atoms with Crippen LogP contribution in [0.15, 0.2) is 18.5 Å². The van der Waals surface area contributed by atoms with E-state index in [4.69, 9.17) is 4.74 Å². The molecule has 0 unspecified atom stereocenters. The molecule has 2 aliphatic rings. The number of morpholine rings is 1. The second-order valence-corrected chi connectivity index (χ2v) is 5.48. The number of carbonyl (C=O) groups is 1. The highest BCUT2D eigenvalue weighted by Gasteiger charge is 2.32. The Morgan fingerprint density at radius 1 is 1.19 bits per heavy atom. The molecule has 2 saturated heterocycles. The van der Waals surface area contributed by atoms with E-state index in [1.54, 1.807) is 18.5 Å². The summed E-state index contributed by atoms with van der Waals surface area (Å²) in [6.45, 7) is 5.16. The Hall–Kier alpha value is -1.73. The maximum Gasteiger partial charge on any atom is 0.253 e. The van der Waals surface area contributed by atoms with Gasteiger partial charge in [0.05, 0.1) is 13.2 Å². The molecule has 0 aromatic carbocycles. The van der Waals surface area contributed by atoms with E-state index >= 15 is 0 Å². The molecule has 0 aliphatic carbocycles. The largest absolute Gasteiger partial charge is 0.365 e. The predicted octanol–water partition coefficient (Wildman–Crippen LogP) is -0.544. The van der Waals surface area contributed by atoms with Crippen molar-refractivity contribution in [3.8, 4) is 0 Å². The minimum absolute atomic E-state index is 0.0868. The number of piperazine rings is 1. The van der Waals surface area contributed by atoms with Crippen LogP contribution in [0.2, 0.25) is 0 Å². The second-order valence-electron chi connectivity index (χ2n) is 5.48. The van der Waals surface area contributed by atoms with E-state index < -0.39 is 6.10 Å². The number of ether oxygens (including phenoxy) is 1. The molecule has 7 nitrogen and oxygen atoms in total. The summed E-state index contributed by atoms with van der Waals surface area (Å²) < 4.78 is 5.67. The molecule has 2 fully saturated rings. The summed E-state index contributed by atoms with van der Waals surface area (Å²) in [4.78, 5) is 27.2. The van der Waals surface area contributed by atoms with E-state index in [0.717, 1.165) is 32.7 Å². The Morgan fingerprint density at radius 3 is 2.62 bits per heavy atom. The van der Waals surface area contributed by atoms with Crippen LogP contribution in [-0.2, 0) is 9.53 Å². The lowest BCUT2D eigenvalue weighted by molar-refractivity contribution is -0.146. The fraction of sp³-hybridized carbons (Fsp3) is 0.643. The zero-order chi connectivity index (χ0) is 14.7.